The van der Waals surface area contributed by atoms with Crippen molar-refractivity contribution in [3.05, 3.63) is 102 Å². The van der Waals surface area contributed by atoms with Crippen molar-refractivity contribution in [2.24, 2.45) is 0 Å². The minimum absolute atomic E-state index is 0.166. The molecule has 202 valence electrons. The monoisotopic (exact) mass is 536 g/mol. The Morgan fingerprint density at radius 3 is 2.38 bits per heavy atom. The Morgan fingerprint density at radius 1 is 0.875 bits per heavy atom. The summed E-state index contributed by atoms with van der Waals surface area (Å²) >= 11 is 0. The Balaban J connectivity index is 1.55. The number of benzene rings is 4. The number of para-hydroxylation sites is 1. The highest BCUT2D eigenvalue weighted by Gasteiger charge is 2.21. The van der Waals surface area contributed by atoms with Gasteiger partial charge in [-0.05, 0) is 76.4 Å². The number of nitrogens with zero attached hydrogens (tertiary/aromatic N) is 3. The fourth-order valence-corrected chi connectivity index (χ4v) is 4.34. The van der Waals surface area contributed by atoms with Crippen molar-refractivity contribution >= 4 is 17.4 Å². The predicted octanol–water partition coefficient (Wildman–Crippen LogP) is 7.72. The number of hydrogen-bond acceptors (Lipinski definition) is 5. The second-order valence-electron chi connectivity index (χ2n) is 10.4. The van der Waals surface area contributed by atoms with E-state index in [9.17, 15) is 9.18 Å². The van der Waals surface area contributed by atoms with Crippen molar-refractivity contribution in [3.8, 4) is 34.0 Å². The quantitative estimate of drug-likeness (QED) is 0.206. The number of H-pyrrole nitrogens is 1. The molecule has 3 N–H and O–H groups in total. The smallest absolute Gasteiger partial charge is 0.323 e. The van der Waals surface area contributed by atoms with Crippen molar-refractivity contribution in [2.45, 2.75) is 33.1 Å². The van der Waals surface area contributed by atoms with Gasteiger partial charge in [-0.3, -0.25) is 0 Å². The number of carbonyl (C=O) groups is 1. The van der Waals surface area contributed by atoms with Crippen LogP contribution in [0.3, 0.4) is 0 Å². The zero-order valence-corrected chi connectivity index (χ0v) is 22.6. The lowest BCUT2D eigenvalue weighted by atomic mass is 9.86. The molecule has 1 heterocycles. The lowest BCUT2D eigenvalue weighted by molar-refractivity contribution is 0.262. The number of nitrogens with one attached hydrogen (secondary N) is 3. The van der Waals surface area contributed by atoms with Crippen LogP contribution in [-0.4, -0.2) is 26.7 Å². The molecule has 0 aliphatic heterocycles. The Bertz CT molecular complexity index is 1640. The van der Waals surface area contributed by atoms with E-state index in [1.165, 1.54) is 12.1 Å². The van der Waals surface area contributed by atoms with Crippen molar-refractivity contribution in [2.75, 3.05) is 10.6 Å². The Hall–Kier alpha value is -5.05. The van der Waals surface area contributed by atoms with Crippen molar-refractivity contribution in [1.82, 2.24) is 20.6 Å². The molecule has 2 amide bonds. The number of aromatic amines is 1. The first-order valence-electron chi connectivity index (χ1n) is 12.8. The third kappa shape index (κ3) is 5.99. The van der Waals surface area contributed by atoms with Gasteiger partial charge in [-0.15, -0.1) is 5.10 Å². The van der Waals surface area contributed by atoms with Gasteiger partial charge in [-0.1, -0.05) is 68.8 Å². The molecule has 0 bridgehead atoms. The number of tetrazole rings is 1. The van der Waals surface area contributed by atoms with Crippen molar-refractivity contribution in [3.63, 3.8) is 0 Å². The van der Waals surface area contributed by atoms with E-state index in [-0.39, 0.29) is 5.41 Å². The van der Waals surface area contributed by atoms with E-state index in [0.29, 0.717) is 45.4 Å². The number of urea groups is 1. The maximum absolute atomic E-state index is 14.2. The summed E-state index contributed by atoms with van der Waals surface area (Å²) in [4.78, 5) is 13.1. The van der Waals surface area contributed by atoms with Crippen molar-refractivity contribution in [1.29, 1.82) is 0 Å². The summed E-state index contributed by atoms with van der Waals surface area (Å²) in [6.07, 6.45) is 0. The zero-order chi connectivity index (χ0) is 28.3. The van der Waals surface area contributed by atoms with Crippen LogP contribution in [0.1, 0.15) is 31.9 Å². The highest BCUT2D eigenvalue weighted by molar-refractivity contribution is 6.01. The predicted molar refractivity (Wildman–Crippen MR) is 154 cm³/mol. The van der Waals surface area contributed by atoms with Crippen LogP contribution in [0.15, 0.2) is 84.9 Å². The van der Waals surface area contributed by atoms with Crippen LogP contribution in [0.4, 0.5) is 20.6 Å². The molecule has 0 fully saturated rings. The number of hydrogen-bond donors (Lipinski definition) is 3. The second kappa shape index (κ2) is 11.0. The summed E-state index contributed by atoms with van der Waals surface area (Å²) in [6, 6.07) is 24.7. The first kappa shape index (κ1) is 26.6. The molecule has 4 aromatic carbocycles. The molecule has 0 atom stereocenters. The van der Waals surface area contributed by atoms with Crippen LogP contribution < -0.4 is 15.4 Å². The van der Waals surface area contributed by atoms with E-state index < -0.39 is 11.8 Å². The summed E-state index contributed by atoms with van der Waals surface area (Å²) in [7, 11) is 0. The van der Waals surface area contributed by atoms with Crippen LogP contribution in [0.5, 0.6) is 11.5 Å². The van der Waals surface area contributed by atoms with Gasteiger partial charge in [-0.25, -0.2) is 14.3 Å². The van der Waals surface area contributed by atoms with Gasteiger partial charge in [0.2, 0.25) is 0 Å². The maximum atomic E-state index is 14.2. The average molecular weight is 537 g/mol. The molecule has 5 aromatic rings. The molecule has 0 unspecified atom stereocenters. The van der Waals surface area contributed by atoms with Crippen LogP contribution in [0.2, 0.25) is 0 Å². The third-order valence-electron chi connectivity index (χ3n) is 6.35. The molecule has 8 nitrogen and oxygen atoms in total. The third-order valence-corrected chi connectivity index (χ3v) is 6.35. The number of carbonyl (C=O) groups excluding carboxylic acids is 1. The minimum atomic E-state index is -0.436. The number of aryl methyl sites for hydroxylation is 1. The largest absolute Gasteiger partial charge is 0.455 e. The Morgan fingerprint density at radius 2 is 1.65 bits per heavy atom. The number of anilines is 2. The molecule has 0 aliphatic carbocycles. The first-order chi connectivity index (χ1) is 19.2. The molecular weight excluding hydrogens is 507 g/mol. The highest BCUT2D eigenvalue weighted by atomic mass is 19.1. The molecule has 0 aliphatic rings. The van der Waals surface area contributed by atoms with Gasteiger partial charge in [0.25, 0.3) is 0 Å². The molecule has 0 spiro atoms. The lowest BCUT2D eigenvalue weighted by Crippen LogP contribution is -2.20. The average Bonchev–Trinajstić information content (AvgIpc) is 3.46. The van der Waals surface area contributed by atoms with Gasteiger partial charge >= 0.3 is 6.03 Å². The normalized spacial score (nSPS) is 11.2. The standard InChI is InChI=1S/C31H29FN6O2/c1-19-9-13-22(14-10-19)33-30(39)34-26-17-20(23-15-12-21(32)18-24(23)29-35-37-38-36-29)11-16-28(26)40-27-8-6-5-7-25(27)31(2,3)4/h5-18H,1-4H3,(H2,33,34,39)(H,35,36,37,38). The number of rotatable bonds is 6. The van der Waals surface area contributed by atoms with E-state index in [4.69, 9.17) is 4.74 Å². The van der Waals surface area contributed by atoms with E-state index in [0.717, 1.165) is 11.1 Å². The first-order valence-corrected chi connectivity index (χ1v) is 12.8. The molecule has 40 heavy (non-hydrogen) atoms. The summed E-state index contributed by atoms with van der Waals surface area (Å²) in [6.45, 7) is 8.32. The highest BCUT2D eigenvalue weighted by Crippen LogP contribution is 2.40. The van der Waals surface area contributed by atoms with Gasteiger partial charge < -0.3 is 15.4 Å². The Kier molecular flexibility index (Phi) is 7.29. The van der Waals surface area contributed by atoms with Gasteiger partial charge in [-0.2, -0.15) is 0 Å². The van der Waals surface area contributed by atoms with Crippen LogP contribution in [0.25, 0.3) is 22.5 Å². The molecule has 9 heteroatoms. The van der Waals surface area contributed by atoms with E-state index in [1.807, 2.05) is 61.5 Å². The van der Waals surface area contributed by atoms with E-state index in [1.54, 1.807) is 18.2 Å². The van der Waals surface area contributed by atoms with Crippen LogP contribution in [0, 0.1) is 12.7 Å². The summed E-state index contributed by atoms with van der Waals surface area (Å²) in [5, 5.41) is 19.7. The fraction of sp³-hybridized carbons (Fsp3) is 0.161. The van der Waals surface area contributed by atoms with Gasteiger partial charge in [0.15, 0.2) is 11.6 Å². The molecule has 0 saturated heterocycles. The van der Waals surface area contributed by atoms with Gasteiger partial charge in [0.1, 0.15) is 11.6 Å². The fourth-order valence-electron chi connectivity index (χ4n) is 4.34. The topological polar surface area (TPSA) is 105 Å². The van der Waals surface area contributed by atoms with E-state index in [2.05, 4.69) is 52.0 Å². The van der Waals surface area contributed by atoms with Gasteiger partial charge in [0.05, 0.1) is 5.69 Å². The lowest BCUT2D eigenvalue weighted by Gasteiger charge is -2.23. The summed E-state index contributed by atoms with van der Waals surface area (Å²) in [5.41, 5.74) is 4.87. The molecule has 1 aromatic heterocycles. The number of aromatic nitrogens is 4. The van der Waals surface area contributed by atoms with Crippen molar-refractivity contribution < 1.29 is 13.9 Å². The Labute approximate surface area is 231 Å². The number of halogens is 1. The second-order valence-corrected chi connectivity index (χ2v) is 10.4. The zero-order valence-electron chi connectivity index (χ0n) is 22.6. The molecule has 5 rings (SSSR count). The minimum Gasteiger partial charge on any atom is -0.455 e. The van der Waals surface area contributed by atoms with Crippen LogP contribution in [-0.2, 0) is 5.41 Å². The van der Waals surface area contributed by atoms with Gasteiger partial charge in [0, 0.05) is 16.8 Å². The summed E-state index contributed by atoms with van der Waals surface area (Å²) < 4.78 is 20.6. The van der Waals surface area contributed by atoms with E-state index >= 15 is 0 Å². The summed E-state index contributed by atoms with van der Waals surface area (Å²) in [5.74, 6) is 1.02. The van der Waals surface area contributed by atoms with Crippen LogP contribution >= 0.6 is 0 Å². The number of amides is 2. The number of ether oxygens (including phenoxy) is 1. The maximum Gasteiger partial charge on any atom is 0.323 e. The molecular formula is C31H29FN6O2. The molecule has 0 radical (unpaired) electrons. The SMILES string of the molecule is Cc1ccc(NC(=O)Nc2cc(-c3ccc(F)cc3-c3nnn[nH]3)ccc2Oc2ccccc2C(C)(C)C)cc1. The molecule has 0 saturated carbocycles.